The molecule has 1 heterocycles. The SMILES string of the molecule is CCC(CC)(CS)CN1CCC(C)(C)CC1. The van der Waals surface area contributed by atoms with E-state index in [1.807, 2.05) is 0 Å². The summed E-state index contributed by atoms with van der Waals surface area (Å²) in [6, 6.07) is 0. The summed E-state index contributed by atoms with van der Waals surface area (Å²) in [4.78, 5) is 2.66. The molecular formula is C14H29NS. The summed E-state index contributed by atoms with van der Waals surface area (Å²) in [6.07, 6.45) is 5.21. The molecule has 0 spiro atoms. The quantitative estimate of drug-likeness (QED) is 0.718. The van der Waals surface area contributed by atoms with Crippen LogP contribution in [-0.2, 0) is 0 Å². The molecule has 1 nitrogen and oxygen atoms in total. The molecule has 96 valence electrons. The van der Waals surface area contributed by atoms with Crippen LogP contribution in [0.25, 0.3) is 0 Å². The number of hydrogen-bond acceptors (Lipinski definition) is 2. The summed E-state index contributed by atoms with van der Waals surface area (Å²) >= 11 is 4.57. The molecule has 1 aliphatic heterocycles. The lowest BCUT2D eigenvalue weighted by molar-refractivity contribution is 0.0868. The number of rotatable bonds is 5. The van der Waals surface area contributed by atoms with E-state index in [-0.39, 0.29) is 0 Å². The van der Waals surface area contributed by atoms with Gasteiger partial charge in [-0.2, -0.15) is 12.6 Å². The minimum atomic E-state index is 0.449. The van der Waals surface area contributed by atoms with Crippen molar-refractivity contribution < 1.29 is 0 Å². The average molecular weight is 243 g/mol. The van der Waals surface area contributed by atoms with E-state index in [9.17, 15) is 0 Å². The molecule has 0 atom stereocenters. The lowest BCUT2D eigenvalue weighted by atomic mass is 9.80. The van der Waals surface area contributed by atoms with Crippen LogP contribution in [-0.4, -0.2) is 30.3 Å². The topological polar surface area (TPSA) is 3.24 Å². The first kappa shape index (κ1) is 14.4. The second-order valence-corrected chi connectivity index (χ2v) is 6.62. The largest absolute Gasteiger partial charge is 0.303 e. The zero-order valence-corrected chi connectivity index (χ0v) is 12.4. The van der Waals surface area contributed by atoms with E-state index in [0.717, 1.165) is 5.75 Å². The maximum atomic E-state index is 4.57. The van der Waals surface area contributed by atoms with Gasteiger partial charge in [0.15, 0.2) is 0 Å². The summed E-state index contributed by atoms with van der Waals surface area (Å²) in [5.74, 6) is 1.03. The fourth-order valence-corrected chi connectivity index (χ4v) is 3.09. The molecule has 0 N–H and O–H groups in total. The van der Waals surface area contributed by atoms with Crippen LogP contribution in [0.1, 0.15) is 53.4 Å². The van der Waals surface area contributed by atoms with Crippen LogP contribution in [0.4, 0.5) is 0 Å². The van der Waals surface area contributed by atoms with Crippen molar-refractivity contribution in [3.05, 3.63) is 0 Å². The van der Waals surface area contributed by atoms with E-state index in [1.165, 1.54) is 45.3 Å². The van der Waals surface area contributed by atoms with Crippen molar-refractivity contribution in [2.45, 2.75) is 53.4 Å². The van der Waals surface area contributed by atoms with E-state index in [1.54, 1.807) is 0 Å². The van der Waals surface area contributed by atoms with E-state index in [0.29, 0.717) is 10.8 Å². The van der Waals surface area contributed by atoms with E-state index in [2.05, 4.69) is 45.2 Å². The Morgan fingerprint density at radius 1 is 1.12 bits per heavy atom. The van der Waals surface area contributed by atoms with Crippen molar-refractivity contribution in [2.24, 2.45) is 10.8 Å². The Morgan fingerprint density at radius 2 is 1.62 bits per heavy atom. The molecule has 0 aromatic heterocycles. The maximum Gasteiger partial charge on any atom is 0.00456 e. The Balaban J connectivity index is 2.48. The van der Waals surface area contributed by atoms with Crippen LogP contribution in [0.2, 0.25) is 0 Å². The first-order valence-electron chi connectivity index (χ1n) is 6.80. The molecule has 0 aromatic rings. The van der Waals surface area contributed by atoms with Crippen molar-refractivity contribution in [2.75, 3.05) is 25.4 Å². The Kier molecular flexibility index (Phi) is 5.18. The van der Waals surface area contributed by atoms with E-state index < -0.39 is 0 Å². The van der Waals surface area contributed by atoms with E-state index >= 15 is 0 Å². The summed E-state index contributed by atoms with van der Waals surface area (Å²) in [5, 5.41) is 0. The van der Waals surface area contributed by atoms with Gasteiger partial charge in [-0.05, 0) is 55.4 Å². The predicted octanol–water partition coefficient (Wildman–Crippen LogP) is 3.84. The summed E-state index contributed by atoms with van der Waals surface area (Å²) in [7, 11) is 0. The highest BCUT2D eigenvalue weighted by Crippen LogP contribution is 2.34. The van der Waals surface area contributed by atoms with Gasteiger partial charge in [0, 0.05) is 6.54 Å². The van der Waals surface area contributed by atoms with Crippen LogP contribution >= 0.6 is 12.6 Å². The first-order chi connectivity index (χ1) is 7.47. The maximum absolute atomic E-state index is 4.57. The molecule has 1 rings (SSSR count). The third kappa shape index (κ3) is 3.66. The fraction of sp³-hybridized carbons (Fsp3) is 1.00. The van der Waals surface area contributed by atoms with Gasteiger partial charge < -0.3 is 4.90 Å². The highest BCUT2D eigenvalue weighted by Gasteiger charge is 2.31. The first-order valence-corrected chi connectivity index (χ1v) is 7.43. The molecule has 16 heavy (non-hydrogen) atoms. The Hall–Kier alpha value is 0.310. The van der Waals surface area contributed by atoms with Gasteiger partial charge in [-0.3, -0.25) is 0 Å². The van der Waals surface area contributed by atoms with E-state index in [4.69, 9.17) is 0 Å². The van der Waals surface area contributed by atoms with Crippen molar-refractivity contribution in [1.29, 1.82) is 0 Å². The fourth-order valence-electron chi connectivity index (χ4n) is 2.54. The van der Waals surface area contributed by atoms with Crippen molar-refractivity contribution >= 4 is 12.6 Å². The van der Waals surface area contributed by atoms with Gasteiger partial charge in [0.05, 0.1) is 0 Å². The van der Waals surface area contributed by atoms with Gasteiger partial charge in [0.25, 0.3) is 0 Å². The van der Waals surface area contributed by atoms with Gasteiger partial charge in [0.2, 0.25) is 0 Å². The van der Waals surface area contributed by atoms with Crippen molar-refractivity contribution in [3.8, 4) is 0 Å². The normalized spacial score (nSPS) is 22.3. The molecule has 1 aliphatic rings. The summed E-state index contributed by atoms with van der Waals surface area (Å²) < 4.78 is 0. The molecule has 2 heteroatoms. The Bertz CT molecular complexity index is 191. The number of thiol groups is 1. The predicted molar refractivity (Wildman–Crippen MR) is 76.3 cm³/mol. The summed E-state index contributed by atoms with van der Waals surface area (Å²) in [5.41, 5.74) is 1.02. The highest BCUT2D eigenvalue weighted by atomic mass is 32.1. The van der Waals surface area contributed by atoms with Crippen LogP contribution < -0.4 is 0 Å². The second kappa shape index (κ2) is 5.77. The van der Waals surface area contributed by atoms with Crippen LogP contribution in [0.5, 0.6) is 0 Å². The molecule has 0 aliphatic carbocycles. The smallest absolute Gasteiger partial charge is 0.00456 e. The van der Waals surface area contributed by atoms with Crippen LogP contribution in [0, 0.1) is 10.8 Å². The highest BCUT2D eigenvalue weighted by molar-refractivity contribution is 7.80. The third-order valence-electron chi connectivity index (χ3n) is 4.60. The summed E-state index contributed by atoms with van der Waals surface area (Å²) in [6.45, 7) is 13.2. The minimum Gasteiger partial charge on any atom is -0.303 e. The Labute approximate surface area is 107 Å². The molecule has 1 saturated heterocycles. The molecule has 0 aromatic carbocycles. The Morgan fingerprint density at radius 3 is 2.00 bits per heavy atom. The molecule has 0 radical (unpaired) electrons. The minimum absolute atomic E-state index is 0.449. The molecule has 0 bridgehead atoms. The van der Waals surface area contributed by atoms with Gasteiger partial charge >= 0.3 is 0 Å². The molecule has 0 amide bonds. The van der Waals surface area contributed by atoms with Gasteiger partial charge in [-0.1, -0.05) is 27.7 Å². The molecular weight excluding hydrogens is 214 g/mol. The van der Waals surface area contributed by atoms with Crippen molar-refractivity contribution in [1.82, 2.24) is 4.90 Å². The third-order valence-corrected chi connectivity index (χ3v) is 5.27. The lowest BCUT2D eigenvalue weighted by Gasteiger charge is -2.42. The molecule has 0 unspecified atom stereocenters. The van der Waals surface area contributed by atoms with Crippen LogP contribution in [0.15, 0.2) is 0 Å². The number of likely N-dealkylation sites (tertiary alicyclic amines) is 1. The van der Waals surface area contributed by atoms with Crippen LogP contribution in [0.3, 0.4) is 0 Å². The standard InChI is InChI=1S/C14H29NS/c1-5-14(6-2,12-16)11-15-9-7-13(3,4)8-10-15/h16H,5-12H2,1-4H3. The zero-order valence-electron chi connectivity index (χ0n) is 11.6. The molecule has 1 fully saturated rings. The second-order valence-electron chi connectivity index (χ2n) is 6.31. The average Bonchev–Trinajstić information content (AvgIpc) is 2.29. The lowest BCUT2D eigenvalue weighted by Crippen LogP contribution is -2.44. The van der Waals surface area contributed by atoms with Gasteiger partial charge in [0.1, 0.15) is 0 Å². The van der Waals surface area contributed by atoms with Crippen molar-refractivity contribution in [3.63, 3.8) is 0 Å². The number of piperidine rings is 1. The number of nitrogens with zero attached hydrogens (tertiary/aromatic N) is 1. The monoisotopic (exact) mass is 243 g/mol. The molecule has 0 saturated carbocycles. The zero-order chi connectivity index (χ0) is 12.2. The van der Waals surface area contributed by atoms with Gasteiger partial charge in [-0.25, -0.2) is 0 Å². The number of hydrogen-bond donors (Lipinski definition) is 1. The van der Waals surface area contributed by atoms with Gasteiger partial charge in [-0.15, -0.1) is 0 Å².